The fourth-order valence-corrected chi connectivity index (χ4v) is 1.59. The average molecular weight is 292 g/mol. The second kappa shape index (κ2) is 8.79. The van der Waals surface area contributed by atoms with Gasteiger partial charge in [-0.3, -0.25) is 4.79 Å². The van der Waals surface area contributed by atoms with Crippen molar-refractivity contribution >= 4 is 17.8 Å². The molecule has 0 radical (unpaired) electrons. The molecule has 0 fully saturated rings. The lowest BCUT2D eigenvalue weighted by atomic mass is 10.1. The van der Waals surface area contributed by atoms with Crippen LogP contribution in [0.15, 0.2) is 24.3 Å². The molecule has 1 aromatic carbocycles. The summed E-state index contributed by atoms with van der Waals surface area (Å²) in [6.45, 7) is 5.06. The number of hydrogen-bond donors (Lipinski definition) is 1. The highest BCUT2D eigenvalue weighted by atomic mass is 16.5. The largest absolute Gasteiger partial charge is 0.490 e. The Bertz CT molecular complexity index is 519. The SMILES string of the molecule is CCCCOc1ccc(/C=C/C(=O)C(=O)O)cc1OCC. The molecule has 0 heterocycles. The predicted molar refractivity (Wildman–Crippen MR) is 79.7 cm³/mol. The molecule has 1 rings (SSSR count). The van der Waals surface area contributed by atoms with Gasteiger partial charge in [-0.15, -0.1) is 0 Å². The van der Waals surface area contributed by atoms with Gasteiger partial charge in [-0.1, -0.05) is 25.5 Å². The van der Waals surface area contributed by atoms with E-state index in [1.165, 1.54) is 6.08 Å². The Morgan fingerprint density at radius 1 is 1.19 bits per heavy atom. The highest BCUT2D eigenvalue weighted by Gasteiger charge is 2.08. The molecule has 114 valence electrons. The van der Waals surface area contributed by atoms with Gasteiger partial charge >= 0.3 is 5.97 Å². The monoisotopic (exact) mass is 292 g/mol. The van der Waals surface area contributed by atoms with Crippen molar-refractivity contribution in [1.29, 1.82) is 0 Å². The highest BCUT2D eigenvalue weighted by molar-refractivity contribution is 6.38. The molecule has 5 heteroatoms. The van der Waals surface area contributed by atoms with Gasteiger partial charge in [0.1, 0.15) is 0 Å². The first kappa shape index (κ1) is 16.8. The van der Waals surface area contributed by atoms with Crippen molar-refractivity contribution in [1.82, 2.24) is 0 Å². The van der Waals surface area contributed by atoms with Crippen LogP contribution in [0.3, 0.4) is 0 Å². The fourth-order valence-electron chi connectivity index (χ4n) is 1.59. The Kier molecular flexibility index (Phi) is 7.01. The van der Waals surface area contributed by atoms with Crippen molar-refractivity contribution < 1.29 is 24.2 Å². The van der Waals surface area contributed by atoms with E-state index in [4.69, 9.17) is 14.6 Å². The number of rotatable bonds is 9. The number of unbranched alkanes of at least 4 members (excludes halogenated alkanes) is 1. The lowest BCUT2D eigenvalue weighted by Crippen LogP contribution is -2.08. The molecule has 0 aliphatic heterocycles. The van der Waals surface area contributed by atoms with Crippen LogP contribution in [0.4, 0.5) is 0 Å². The van der Waals surface area contributed by atoms with E-state index in [0.717, 1.165) is 18.9 Å². The molecule has 0 aromatic heterocycles. The summed E-state index contributed by atoms with van der Waals surface area (Å²) < 4.78 is 11.1. The summed E-state index contributed by atoms with van der Waals surface area (Å²) in [5, 5.41) is 8.52. The number of benzene rings is 1. The van der Waals surface area contributed by atoms with Gasteiger partial charge < -0.3 is 14.6 Å². The van der Waals surface area contributed by atoms with Crippen LogP contribution in [-0.2, 0) is 9.59 Å². The summed E-state index contributed by atoms with van der Waals surface area (Å²) in [6, 6.07) is 5.22. The smallest absolute Gasteiger partial charge is 0.376 e. The van der Waals surface area contributed by atoms with Crippen molar-refractivity contribution in [3.8, 4) is 11.5 Å². The van der Waals surface area contributed by atoms with E-state index in [-0.39, 0.29) is 0 Å². The molecule has 5 nitrogen and oxygen atoms in total. The van der Waals surface area contributed by atoms with Crippen LogP contribution < -0.4 is 9.47 Å². The lowest BCUT2D eigenvalue weighted by Gasteiger charge is -2.12. The van der Waals surface area contributed by atoms with Gasteiger partial charge in [-0.25, -0.2) is 4.79 Å². The lowest BCUT2D eigenvalue weighted by molar-refractivity contribution is -0.146. The number of carboxylic acid groups (broad SMARTS) is 1. The third-order valence-electron chi connectivity index (χ3n) is 2.66. The van der Waals surface area contributed by atoms with E-state index in [0.29, 0.717) is 30.3 Å². The van der Waals surface area contributed by atoms with Crippen molar-refractivity contribution in [2.75, 3.05) is 13.2 Å². The molecule has 0 unspecified atom stereocenters. The van der Waals surface area contributed by atoms with Crippen LogP contribution >= 0.6 is 0 Å². The Morgan fingerprint density at radius 2 is 1.95 bits per heavy atom. The van der Waals surface area contributed by atoms with Crippen LogP contribution in [0, 0.1) is 0 Å². The summed E-state index contributed by atoms with van der Waals surface area (Å²) in [6.07, 6.45) is 4.46. The molecule has 1 N–H and O–H groups in total. The second-order valence-corrected chi connectivity index (χ2v) is 4.34. The first-order valence-electron chi connectivity index (χ1n) is 6.93. The molecule has 0 saturated carbocycles. The van der Waals surface area contributed by atoms with Gasteiger partial charge in [0.15, 0.2) is 11.5 Å². The molecular weight excluding hydrogens is 272 g/mol. The summed E-state index contributed by atoms with van der Waals surface area (Å²) in [5.74, 6) is -1.21. The number of carboxylic acids is 1. The number of ether oxygens (including phenoxy) is 2. The van der Waals surface area contributed by atoms with Crippen LogP contribution in [0.1, 0.15) is 32.3 Å². The van der Waals surface area contributed by atoms with E-state index in [1.54, 1.807) is 18.2 Å². The van der Waals surface area contributed by atoms with Crippen molar-refractivity contribution in [2.45, 2.75) is 26.7 Å². The van der Waals surface area contributed by atoms with Crippen molar-refractivity contribution in [3.05, 3.63) is 29.8 Å². The van der Waals surface area contributed by atoms with E-state index in [2.05, 4.69) is 6.92 Å². The van der Waals surface area contributed by atoms with E-state index in [1.807, 2.05) is 6.92 Å². The fraction of sp³-hybridized carbons (Fsp3) is 0.375. The minimum absolute atomic E-state index is 0.491. The maximum atomic E-state index is 11.0. The van der Waals surface area contributed by atoms with Crippen LogP contribution in [0.5, 0.6) is 11.5 Å². The molecule has 0 spiro atoms. The van der Waals surface area contributed by atoms with E-state index >= 15 is 0 Å². The molecule has 21 heavy (non-hydrogen) atoms. The standard InChI is InChI=1S/C16H20O5/c1-3-5-10-21-14-9-7-12(11-15(14)20-4-2)6-8-13(17)16(18)19/h6-9,11H,3-5,10H2,1-2H3,(H,18,19)/b8-6+. The minimum atomic E-state index is -1.48. The number of carbonyl (C=O) groups is 2. The van der Waals surface area contributed by atoms with E-state index < -0.39 is 11.8 Å². The van der Waals surface area contributed by atoms with Crippen molar-refractivity contribution in [2.24, 2.45) is 0 Å². The first-order valence-corrected chi connectivity index (χ1v) is 6.93. The van der Waals surface area contributed by atoms with Gasteiger partial charge in [0.25, 0.3) is 5.78 Å². The van der Waals surface area contributed by atoms with Crippen molar-refractivity contribution in [3.63, 3.8) is 0 Å². The quantitative estimate of drug-likeness (QED) is 0.430. The Labute approximate surface area is 124 Å². The zero-order valence-electron chi connectivity index (χ0n) is 12.3. The maximum Gasteiger partial charge on any atom is 0.376 e. The van der Waals surface area contributed by atoms with Crippen LogP contribution in [0.25, 0.3) is 6.08 Å². The summed E-state index contributed by atoms with van der Waals surface area (Å²) >= 11 is 0. The third kappa shape index (κ3) is 5.69. The highest BCUT2D eigenvalue weighted by Crippen LogP contribution is 2.29. The van der Waals surface area contributed by atoms with Gasteiger partial charge in [-0.2, -0.15) is 0 Å². The zero-order chi connectivity index (χ0) is 15.7. The summed E-state index contributed by atoms with van der Waals surface area (Å²) in [4.78, 5) is 21.5. The van der Waals surface area contributed by atoms with Crippen LogP contribution in [-0.4, -0.2) is 30.1 Å². The number of ketones is 1. The van der Waals surface area contributed by atoms with Crippen LogP contribution in [0.2, 0.25) is 0 Å². The zero-order valence-corrected chi connectivity index (χ0v) is 12.3. The second-order valence-electron chi connectivity index (χ2n) is 4.34. The molecule has 0 bridgehead atoms. The Balaban J connectivity index is 2.86. The number of carbonyl (C=O) groups excluding carboxylic acids is 1. The number of aliphatic carboxylic acids is 1. The molecule has 0 aliphatic rings. The predicted octanol–water partition coefficient (Wildman–Crippen LogP) is 2.93. The Hall–Kier alpha value is -2.30. The minimum Gasteiger partial charge on any atom is -0.490 e. The molecule has 0 saturated heterocycles. The van der Waals surface area contributed by atoms with Gasteiger partial charge in [0.2, 0.25) is 0 Å². The molecule has 0 atom stereocenters. The van der Waals surface area contributed by atoms with Gasteiger partial charge in [0.05, 0.1) is 13.2 Å². The molecule has 0 amide bonds. The Morgan fingerprint density at radius 3 is 2.57 bits per heavy atom. The van der Waals surface area contributed by atoms with E-state index in [9.17, 15) is 9.59 Å². The molecule has 0 aliphatic carbocycles. The van der Waals surface area contributed by atoms with Gasteiger partial charge in [-0.05, 0) is 37.1 Å². The summed E-state index contributed by atoms with van der Waals surface area (Å²) in [7, 11) is 0. The third-order valence-corrected chi connectivity index (χ3v) is 2.66. The number of hydrogen-bond acceptors (Lipinski definition) is 4. The van der Waals surface area contributed by atoms with Gasteiger partial charge in [0, 0.05) is 0 Å². The molecular formula is C16H20O5. The summed E-state index contributed by atoms with van der Waals surface area (Å²) in [5.41, 5.74) is 0.677. The maximum absolute atomic E-state index is 11.0. The normalized spacial score (nSPS) is 10.6. The molecule has 1 aromatic rings. The first-order chi connectivity index (χ1) is 10.1. The average Bonchev–Trinajstić information content (AvgIpc) is 2.47. The topological polar surface area (TPSA) is 72.8 Å².